The number of hydrogen-bond acceptors (Lipinski definition) is 2. The van der Waals surface area contributed by atoms with E-state index in [-0.39, 0.29) is 5.91 Å². The van der Waals surface area contributed by atoms with Crippen LogP contribution in [0.25, 0.3) is 0 Å². The molecule has 0 bridgehead atoms. The van der Waals surface area contributed by atoms with Crippen LogP contribution >= 0.6 is 15.9 Å². The van der Waals surface area contributed by atoms with Crippen LogP contribution in [0.1, 0.15) is 30.1 Å². The van der Waals surface area contributed by atoms with Crippen molar-refractivity contribution in [2.45, 2.75) is 25.8 Å². The first-order valence-corrected chi connectivity index (χ1v) is 6.13. The minimum absolute atomic E-state index is 0.363. The van der Waals surface area contributed by atoms with Gasteiger partial charge in [-0.2, -0.15) is 0 Å². The first-order chi connectivity index (χ1) is 8.04. The molecule has 0 fully saturated rings. The van der Waals surface area contributed by atoms with E-state index in [2.05, 4.69) is 21.2 Å². The third-order valence-electron chi connectivity index (χ3n) is 2.29. The molecule has 1 rings (SSSR count). The van der Waals surface area contributed by atoms with Crippen molar-refractivity contribution in [3.05, 3.63) is 34.3 Å². The van der Waals surface area contributed by atoms with Crippen molar-refractivity contribution >= 4 is 27.8 Å². The SMILES string of the molecule is CCCC(NC(=O)c1ccc(Br)cc1)C(=O)O. The number of carboxylic acids is 1. The van der Waals surface area contributed by atoms with Crippen molar-refractivity contribution in [1.82, 2.24) is 5.32 Å². The number of nitrogens with one attached hydrogen (secondary N) is 1. The molecule has 1 unspecified atom stereocenters. The molecule has 0 saturated heterocycles. The van der Waals surface area contributed by atoms with Crippen molar-refractivity contribution in [2.75, 3.05) is 0 Å². The van der Waals surface area contributed by atoms with Gasteiger partial charge in [0.15, 0.2) is 0 Å². The molecular weight excluding hydrogens is 286 g/mol. The quantitative estimate of drug-likeness (QED) is 0.877. The molecule has 0 radical (unpaired) electrons. The molecule has 0 aromatic heterocycles. The van der Waals surface area contributed by atoms with Gasteiger partial charge >= 0.3 is 5.97 Å². The number of carbonyl (C=O) groups is 2. The highest BCUT2D eigenvalue weighted by Crippen LogP contribution is 2.10. The summed E-state index contributed by atoms with van der Waals surface area (Å²) in [5.41, 5.74) is 0.454. The van der Waals surface area contributed by atoms with Gasteiger partial charge in [-0.15, -0.1) is 0 Å². The Morgan fingerprint density at radius 1 is 1.35 bits per heavy atom. The molecule has 0 heterocycles. The predicted octanol–water partition coefficient (Wildman–Crippen LogP) is 2.43. The van der Waals surface area contributed by atoms with Gasteiger partial charge in [-0.3, -0.25) is 4.79 Å². The Labute approximate surface area is 108 Å². The summed E-state index contributed by atoms with van der Waals surface area (Å²) < 4.78 is 0.873. The lowest BCUT2D eigenvalue weighted by Crippen LogP contribution is -2.40. The Morgan fingerprint density at radius 2 is 1.94 bits per heavy atom. The Bertz CT molecular complexity index is 403. The standard InChI is InChI=1S/C12H14BrNO3/c1-2-3-10(12(16)17)14-11(15)8-4-6-9(13)7-5-8/h4-7,10H,2-3H2,1H3,(H,14,15)(H,16,17). The normalized spacial score (nSPS) is 11.9. The first kappa shape index (κ1) is 13.7. The van der Waals surface area contributed by atoms with Gasteiger partial charge in [0, 0.05) is 10.0 Å². The van der Waals surface area contributed by atoms with Crippen molar-refractivity contribution in [1.29, 1.82) is 0 Å². The molecule has 92 valence electrons. The van der Waals surface area contributed by atoms with E-state index < -0.39 is 12.0 Å². The summed E-state index contributed by atoms with van der Waals surface area (Å²) in [6, 6.07) is 5.94. The molecule has 5 heteroatoms. The number of carboxylic acid groups (broad SMARTS) is 1. The summed E-state index contributed by atoms with van der Waals surface area (Å²) in [4.78, 5) is 22.6. The van der Waals surface area contributed by atoms with Gasteiger partial charge in [0.05, 0.1) is 0 Å². The van der Waals surface area contributed by atoms with E-state index in [0.29, 0.717) is 18.4 Å². The molecule has 1 aromatic carbocycles. The van der Waals surface area contributed by atoms with Gasteiger partial charge < -0.3 is 10.4 Å². The molecule has 2 N–H and O–H groups in total. The van der Waals surface area contributed by atoms with Crippen LogP contribution in [0.5, 0.6) is 0 Å². The first-order valence-electron chi connectivity index (χ1n) is 5.33. The van der Waals surface area contributed by atoms with E-state index in [1.807, 2.05) is 6.92 Å². The van der Waals surface area contributed by atoms with Crippen molar-refractivity contribution in [2.24, 2.45) is 0 Å². The maximum absolute atomic E-state index is 11.8. The third kappa shape index (κ3) is 4.19. The van der Waals surface area contributed by atoms with Crippen LogP contribution in [0.4, 0.5) is 0 Å². The molecule has 0 spiro atoms. The topological polar surface area (TPSA) is 66.4 Å². The van der Waals surface area contributed by atoms with E-state index in [9.17, 15) is 9.59 Å². The number of carbonyl (C=O) groups excluding carboxylic acids is 1. The molecule has 1 amide bonds. The fourth-order valence-electron chi connectivity index (χ4n) is 1.39. The average molecular weight is 300 g/mol. The molecule has 1 aromatic rings. The second kappa shape index (κ2) is 6.39. The highest BCUT2D eigenvalue weighted by atomic mass is 79.9. The molecular formula is C12H14BrNO3. The number of rotatable bonds is 5. The van der Waals surface area contributed by atoms with Gasteiger partial charge in [-0.05, 0) is 30.7 Å². The molecule has 0 aliphatic carbocycles. The Balaban J connectivity index is 2.70. The number of amides is 1. The highest BCUT2D eigenvalue weighted by Gasteiger charge is 2.19. The summed E-state index contributed by atoms with van der Waals surface area (Å²) in [5, 5.41) is 11.4. The lowest BCUT2D eigenvalue weighted by molar-refractivity contribution is -0.139. The monoisotopic (exact) mass is 299 g/mol. The Morgan fingerprint density at radius 3 is 2.41 bits per heavy atom. The van der Waals surface area contributed by atoms with Crippen LogP contribution in [-0.4, -0.2) is 23.0 Å². The number of halogens is 1. The molecule has 4 nitrogen and oxygen atoms in total. The summed E-state index contributed by atoms with van der Waals surface area (Å²) in [6.07, 6.45) is 1.13. The minimum atomic E-state index is -1.00. The van der Waals surface area contributed by atoms with Gasteiger partial charge in [-0.25, -0.2) is 4.79 Å². The Kier molecular flexibility index (Phi) is 5.15. The van der Waals surface area contributed by atoms with Gasteiger partial charge in [0.1, 0.15) is 6.04 Å². The van der Waals surface area contributed by atoms with E-state index in [0.717, 1.165) is 4.47 Å². The third-order valence-corrected chi connectivity index (χ3v) is 2.82. The second-order valence-electron chi connectivity index (χ2n) is 3.66. The van der Waals surface area contributed by atoms with Gasteiger partial charge in [0.2, 0.25) is 0 Å². The second-order valence-corrected chi connectivity index (χ2v) is 4.58. The molecule has 1 atom stereocenters. The summed E-state index contributed by atoms with van der Waals surface area (Å²) in [5.74, 6) is -1.37. The van der Waals surface area contributed by atoms with E-state index in [4.69, 9.17) is 5.11 Å². The number of benzene rings is 1. The fourth-order valence-corrected chi connectivity index (χ4v) is 1.65. The zero-order valence-electron chi connectivity index (χ0n) is 9.44. The van der Waals surface area contributed by atoms with Crippen LogP contribution in [0.15, 0.2) is 28.7 Å². The molecule has 0 saturated carbocycles. The summed E-state index contributed by atoms with van der Waals surface area (Å²) >= 11 is 3.27. The smallest absolute Gasteiger partial charge is 0.326 e. The lowest BCUT2D eigenvalue weighted by atomic mass is 10.1. The molecule has 17 heavy (non-hydrogen) atoms. The lowest BCUT2D eigenvalue weighted by Gasteiger charge is -2.13. The van der Waals surface area contributed by atoms with Gasteiger partial charge in [0.25, 0.3) is 5.91 Å². The van der Waals surface area contributed by atoms with E-state index in [1.165, 1.54) is 0 Å². The van der Waals surface area contributed by atoms with E-state index in [1.54, 1.807) is 24.3 Å². The van der Waals surface area contributed by atoms with Crippen molar-refractivity contribution in [3.8, 4) is 0 Å². The number of aliphatic carboxylic acids is 1. The molecule has 0 aliphatic heterocycles. The summed E-state index contributed by atoms with van der Waals surface area (Å²) in [6.45, 7) is 1.88. The highest BCUT2D eigenvalue weighted by molar-refractivity contribution is 9.10. The predicted molar refractivity (Wildman–Crippen MR) is 67.9 cm³/mol. The zero-order chi connectivity index (χ0) is 12.8. The maximum atomic E-state index is 11.8. The Hall–Kier alpha value is -1.36. The van der Waals surface area contributed by atoms with E-state index >= 15 is 0 Å². The van der Waals surface area contributed by atoms with Crippen LogP contribution in [0.3, 0.4) is 0 Å². The van der Waals surface area contributed by atoms with Gasteiger partial charge in [-0.1, -0.05) is 29.3 Å². The fraction of sp³-hybridized carbons (Fsp3) is 0.333. The van der Waals surface area contributed by atoms with Crippen molar-refractivity contribution in [3.63, 3.8) is 0 Å². The molecule has 0 aliphatic rings. The zero-order valence-corrected chi connectivity index (χ0v) is 11.0. The summed E-state index contributed by atoms with van der Waals surface area (Å²) in [7, 11) is 0. The maximum Gasteiger partial charge on any atom is 0.326 e. The van der Waals surface area contributed by atoms with Crippen molar-refractivity contribution < 1.29 is 14.7 Å². The average Bonchev–Trinajstić information content (AvgIpc) is 2.29. The van der Waals surface area contributed by atoms with Crippen LogP contribution in [0.2, 0.25) is 0 Å². The van der Waals surface area contributed by atoms with Crippen LogP contribution in [-0.2, 0) is 4.79 Å². The number of hydrogen-bond donors (Lipinski definition) is 2. The van der Waals surface area contributed by atoms with Crippen LogP contribution < -0.4 is 5.32 Å². The largest absolute Gasteiger partial charge is 0.480 e. The van der Waals surface area contributed by atoms with Crippen LogP contribution in [0, 0.1) is 0 Å². The minimum Gasteiger partial charge on any atom is -0.480 e.